The lowest BCUT2D eigenvalue weighted by Gasteiger charge is -2.15. The summed E-state index contributed by atoms with van der Waals surface area (Å²) in [6.45, 7) is 0. The van der Waals surface area contributed by atoms with Crippen molar-refractivity contribution in [3.63, 3.8) is 0 Å². The van der Waals surface area contributed by atoms with E-state index in [0.29, 0.717) is 16.6 Å². The Balaban J connectivity index is 1.72. The van der Waals surface area contributed by atoms with Crippen LogP contribution in [0, 0.1) is 0 Å². The number of H-pyrrole nitrogens is 1. The van der Waals surface area contributed by atoms with E-state index in [0.717, 1.165) is 24.4 Å². The Bertz CT molecular complexity index is 678. The van der Waals surface area contributed by atoms with Gasteiger partial charge >= 0.3 is 0 Å². The van der Waals surface area contributed by atoms with Gasteiger partial charge in [-0.1, -0.05) is 11.6 Å². The summed E-state index contributed by atoms with van der Waals surface area (Å²) in [7, 11) is 3.82. The van der Waals surface area contributed by atoms with Crippen molar-refractivity contribution >= 4 is 28.9 Å². The van der Waals surface area contributed by atoms with Crippen LogP contribution in [-0.4, -0.2) is 35.2 Å². The lowest BCUT2D eigenvalue weighted by molar-refractivity contribution is 0.101. The number of nitrogens with one attached hydrogen (secondary N) is 2. The monoisotopic (exact) mass is 305 g/mol. The quantitative estimate of drug-likeness (QED) is 0.910. The van der Waals surface area contributed by atoms with Crippen LogP contribution in [0.5, 0.6) is 0 Å². The van der Waals surface area contributed by atoms with Crippen molar-refractivity contribution in [1.82, 2.24) is 15.2 Å². The molecule has 0 unspecified atom stereocenters. The minimum atomic E-state index is -0.341. The summed E-state index contributed by atoms with van der Waals surface area (Å²) < 4.78 is 0. The van der Waals surface area contributed by atoms with Gasteiger partial charge in [-0.05, 0) is 31.0 Å². The second kappa shape index (κ2) is 5.37. The highest BCUT2D eigenvalue weighted by Crippen LogP contribution is 2.37. The van der Waals surface area contributed by atoms with Crippen LogP contribution in [-0.2, 0) is 0 Å². The number of benzene rings is 1. The van der Waals surface area contributed by atoms with E-state index < -0.39 is 0 Å². The molecule has 0 spiro atoms. The fourth-order valence-electron chi connectivity index (χ4n) is 2.05. The summed E-state index contributed by atoms with van der Waals surface area (Å²) >= 11 is 6.18. The Morgan fingerprint density at radius 3 is 2.81 bits per heavy atom. The second-order valence-electron chi connectivity index (χ2n) is 5.33. The molecule has 21 heavy (non-hydrogen) atoms. The molecule has 1 amide bonds. The van der Waals surface area contributed by atoms with Gasteiger partial charge in [-0.3, -0.25) is 9.89 Å². The number of carbonyl (C=O) groups is 1. The average Bonchev–Trinajstić information content (AvgIpc) is 3.16. The van der Waals surface area contributed by atoms with Crippen LogP contribution in [0.4, 0.5) is 11.4 Å². The van der Waals surface area contributed by atoms with Crippen LogP contribution in [0.1, 0.15) is 35.2 Å². The Morgan fingerprint density at radius 1 is 1.43 bits per heavy atom. The first kappa shape index (κ1) is 13.9. The Hall–Kier alpha value is -2.08. The van der Waals surface area contributed by atoms with Gasteiger partial charge in [0.1, 0.15) is 5.82 Å². The van der Waals surface area contributed by atoms with Gasteiger partial charge in [-0.2, -0.15) is 0 Å². The number of nitrogens with zero attached hydrogens (tertiary/aromatic N) is 3. The second-order valence-corrected chi connectivity index (χ2v) is 5.74. The highest BCUT2D eigenvalue weighted by molar-refractivity contribution is 6.33. The fraction of sp³-hybridized carbons (Fsp3) is 0.357. The van der Waals surface area contributed by atoms with E-state index in [2.05, 4.69) is 20.5 Å². The molecule has 1 aromatic carbocycles. The lowest BCUT2D eigenvalue weighted by Crippen LogP contribution is -2.14. The maximum Gasteiger partial charge on any atom is 0.295 e. The SMILES string of the molecule is CN(C)c1ccc(NC(=O)c2n[nH]c(C3CC3)n2)cc1Cl. The van der Waals surface area contributed by atoms with Crippen LogP contribution in [0.25, 0.3) is 0 Å². The van der Waals surface area contributed by atoms with Crippen LogP contribution in [0.2, 0.25) is 5.02 Å². The maximum atomic E-state index is 12.1. The molecule has 1 aromatic heterocycles. The molecule has 0 radical (unpaired) electrons. The van der Waals surface area contributed by atoms with Gasteiger partial charge in [0.15, 0.2) is 0 Å². The van der Waals surface area contributed by atoms with E-state index in [1.807, 2.05) is 25.1 Å². The number of aromatic amines is 1. The normalized spacial score (nSPS) is 14.0. The molecular weight excluding hydrogens is 290 g/mol. The molecule has 1 saturated carbocycles. The maximum absolute atomic E-state index is 12.1. The van der Waals surface area contributed by atoms with Gasteiger partial charge in [-0.15, -0.1) is 5.10 Å². The number of hydrogen-bond acceptors (Lipinski definition) is 4. The molecule has 7 heteroatoms. The number of anilines is 2. The highest BCUT2D eigenvalue weighted by Gasteiger charge is 2.28. The molecule has 2 N–H and O–H groups in total. The molecule has 2 aromatic rings. The molecule has 6 nitrogen and oxygen atoms in total. The zero-order valence-corrected chi connectivity index (χ0v) is 12.6. The summed E-state index contributed by atoms with van der Waals surface area (Å²) in [6.07, 6.45) is 2.22. The summed E-state index contributed by atoms with van der Waals surface area (Å²) in [5, 5.41) is 10.1. The molecule has 1 aliphatic rings. The van der Waals surface area contributed by atoms with E-state index in [-0.39, 0.29) is 11.7 Å². The third-order valence-corrected chi connectivity index (χ3v) is 3.66. The van der Waals surface area contributed by atoms with Gasteiger partial charge < -0.3 is 10.2 Å². The number of hydrogen-bond donors (Lipinski definition) is 2. The van der Waals surface area contributed by atoms with E-state index in [9.17, 15) is 4.79 Å². The van der Waals surface area contributed by atoms with Crippen molar-refractivity contribution in [2.24, 2.45) is 0 Å². The van der Waals surface area contributed by atoms with Crippen molar-refractivity contribution in [3.05, 3.63) is 34.9 Å². The predicted octanol–water partition coefficient (Wildman–Crippen LogP) is 2.65. The molecule has 3 rings (SSSR count). The zero-order chi connectivity index (χ0) is 15.0. The predicted molar refractivity (Wildman–Crippen MR) is 82.1 cm³/mol. The van der Waals surface area contributed by atoms with Crippen molar-refractivity contribution in [1.29, 1.82) is 0 Å². The van der Waals surface area contributed by atoms with Gasteiger partial charge in [0.05, 0.1) is 10.7 Å². The molecule has 0 aliphatic heterocycles. The summed E-state index contributed by atoms with van der Waals surface area (Å²) in [6, 6.07) is 5.36. The molecule has 1 heterocycles. The van der Waals surface area contributed by atoms with Crippen LogP contribution in [0.3, 0.4) is 0 Å². The largest absolute Gasteiger partial charge is 0.376 e. The number of aromatic nitrogens is 3. The fourth-order valence-corrected chi connectivity index (χ4v) is 2.40. The topological polar surface area (TPSA) is 73.9 Å². The van der Waals surface area contributed by atoms with E-state index in [1.165, 1.54) is 0 Å². The lowest BCUT2D eigenvalue weighted by atomic mass is 10.2. The van der Waals surface area contributed by atoms with Gasteiger partial charge in [0.25, 0.3) is 5.91 Å². The number of carbonyl (C=O) groups excluding carboxylic acids is 1. The smallest absolute Gasteiger partial charge is 0.295 e. The molecule has 110 valence electrons. The zero-order valence-electron chi connectivity index (χ0n) is 11.9. The number of amides is 1. The van der Waals surface area contributed by atoms with Crippen molar-refractivity contribution in [2.75, 3.05) is 24.3 Å². The first-order chi connectivity index (χ1) is 10.0. The Labute approximate surface area is 127 Å². The molecule has 0 saturated heterocycles. The van der Waals surface area contributed by atoms with Crippen molar-refractivity contribution < 1.29 is 4.79 Å². The van der Waals surface area contributed by atoms with E-state index in [4.69, 9.17) is 11.6 Å². The van der Waals surface area contributed by atoms with E-state index in [1.54, 1.807) is 12.1 Å². The summed E-state index contributed by atoms with van der Waals surface area (Å²) in [5.74, 6) is 1.05. The minimum Gasteiger partial charge on any atom is -0.376 e. The van der Waals surface area contributed by atoms with E-state index >= 15 is 0 Å². The number of rotatable bonds is 4. The third-order valence-electron chi connectivity index (χ3n) is 3.36. The first-order valence-corrected chi connectivity index (χ1v) is 7.13. The van der Waals surface area contributed by atoms with Gasteiger partial charge in [0, 0.05) is 25.7 Å². The van der Waals surface area contributed by atoms with Crippen LogP contribution < -0.4 is 10.2 Å². The molecule has 0 bridgehead atoms. The molecular formula is C14H16ClN5O. The summed E-state index contributed by atoms with van der Waals surface area (Å²) in [4.78, 5) is 18.2. The van der Waals surface area contributed by atoms with Gasteiger partial charge in [-0.25, -0.2) is 4.98 Å². The molecule has 1 aliphatic carbocycles. The van der Waals surface area contributed by atoms with Gasteiger partial charge in [0.2, 0.25) is 5.82 Å². The number of halogens is 1. The Morgan fingerprint density at radius 2 is 2.19 bits per heavy atom. The first-order valence-electron chi connectivity index (χ1n) is 6.75. The Kier molecular flexibility index (Phi) is 3.55. The average molecular weight is 306 g/mol. The third kappa shape index (κ3) is 3.00. The molecule has 1 fully saturated rings. The van der Waals surface area contributed by atoms with Crippen LogP contribution in [0.15, 0.2) is 18.2 Å². The van der Waals surface area contributed by atoms with Crippen LogP contribution >= 0.6 is 11.6 Å². The van der Waals surface area contributed by atoms with Crippen molar-refractivity contribution in [2.45, 2.75) is 18.8 Å². The standard InChI is InChI=1S/C14H16ClN5O/c1-20(2)11-6-5-9(7-10(11)15)16-14(21)13-17-12(18-19-13)8-3-4-8/h5-8H,3-4H2,1-2H3,(H,16,21)(H,17,18,19). The summed E-state index contributed by atoms with van der Waals surface area (Å²) in [5.41, 5.74) is 1.51. The molecule has 0 atom stereocenters. The van der Waals surface area contributed by atoms with Crippen molar-refractivity contribution in [3.8, 4) is 0 Å². The highest BCUT2D eigenvalue weighted by atomic mass is 35.5. The minimum absolute atomic E-state index is 0.157.